The lowest BCUT2D eigenvalue weighted by Gasteiger charge is -2.26. The molecule has 0 bridgehead atoms. The van der Waals surface area contributed by atoms with Crippen molar-refractivity contribution >= 4 is 46.9 Å². The molecule has 0 radical (unpaired) electrons. The maximum absolute atomic E-state index is 5.87. The maximum atomic E-state index is 5.87. The zero-order chi connectivity index (χ0) is 21.0. The number of nitrogens with zero attached hydrogens (tertiary/aromatic N) is 5. The number of aromatic nitrogens is 3. The third kappa shape index (κ3) is 9.03. The first-order valence-corrected chi connectivity index (χ1v) is 9.64. The third-order valence-electron chi connectivity index (χ3n) is 2.78. The molecule has 0 saturated heterocycles. The second kappa shape index (κ2) is 12.2. The van der Waals surface area contributed by atoms with Gasteiger partial charge < -0.3 is 21.3 Å². The normalized spacial score (nSPS) is 19.1. The summed E-state index contributed by atoms with van der Waals surface area (Å²) in [4.78, 5) is 20.0. The molecule has 0 aliphatic carbocycles. The fraction of sp³-hybridized carbons (Fsp3) is 0.562. The minimum Gasteiger partial charge on any atom is -0.354 e. The van der Waals surface area contributed by atoms with Crippen molar-refractivity contribution in [2.75, 3.05) is 30.3 Å². The Morgan fingerprint density at radius 2 is 1.71 bits per heavy atom. The molecule has 10 nitrogen and oxygen atoms in total. The summed E-state index contributed by atoms with van der Waals surface area (Å²) in [6.45, 7) is 9.92. The molecule has 0 saturated carbocycles. The van der Waals surface area contributed by atoms with Crippen LogP contribution >= 0.6 is 23.2 Å². The highest BCUT2D eigenvalue weighted by molar-refractivity contribution is 6.28. The van der Waals surface area contributed by atoms with Crippen molar-refractivity contribution in [3.63, 3.8) is 0 Å². The maximum Gasteiger partial charge on any atom is 0.267 e. The summed E-state index contributed by atoms with van der Waals surface area (Å²) in [6, 6.07) is 0. The van der Waals surface area contributed by atoms with Gasteiger partial charge in [-0.05, 0) is 38.3 Å². The smallest absolute Gasteiger partial charge is 0.267 e. The van der Waals surface area contributed by atoms with Crippen molar-refractivity contribution in [3.05, 3.63) is 5.28 Å². The molecule has 2 rings (SSSR count). The van der Waals surface area contributed by atoms with E-state index in [-0.39, 0.29) is 5.28 Å². The SMILES string of the molecule is CCC#CC1=NC(N)(Cl)NC(=NCC)N1.CCNc1nc(Cl)nc(NCC)n1. The lowest BCUT2D eigenvalue weighted by molar-refractivity contribution is 0.568. The Bertz CT molecular complexity index is 727. The minimum absolute atomic E-state index is 0.196. The topological polar surface area (TPSA) is 138 Å². The lowest BCUT2D eigenvalue weighted by Crippen LogP contribution is -2.60. The van der Waals surface area contributed by atoms with Crippen molar-refractivity contribution < 1.29 is 0 Å². The van der Waals surface area contributed by atoms with E-state index in [1.165, 1.54) is 0 Å². The Labute approximate surface area is 175 Å². The van der Waals surface area contributed by atoms with Crippen LogP contribution in [0, 0.1) is 11.8 Å². The summed E-state index contributed by atoms with van der Waals surface area (Å²) in [5.41, 5.74) is 5.64. The second-order valence-corrected chi connectivity index (χ2v) is 6.09. The van der Waals surface area contributed by atoms with Crippen LogP contribution in [-0.4, -0.2) is 51.6 Å². The predicted molar refractivity (Wildman–Crippen MR) is 116 cm³/mol. The van der Waals surface area contributed by atoms with E-state index in [0.29, 0.717) is 30.2 Å². The van der Waals surface area contributed by atoms with Crippen LogP contribution in [0.1, 0.15) is 34.1 Å². The summed E-state index contributed by atoms with van der Waals surface area (Å²) in [5.74, 6) is 7.62. The van der Waals surface area contributed by atoms with E-state index < -0.39 is 5.25 Å². The number of guanidine groups is 1. The average Bonchev–Trinajstić information content (AvgIpc) is 2.59. The zero-order valence-corrected chi connectivity index (χ0v) is 17.9. The molecule has 12 heteroatoms. The monoisotopic (exact) mass is 428 g/mol. The van der Waals surface area contributed by atoms with Gasteiger partial charge in [-0.2, -0.15) is 15.0 Å². The van der Waals surface area contributed by atoms with Crippen LogP contribution in [-0.2, 0) is 0 Å². The molecule has 1 aromatic heterocycles. The number of nitrogens with two attached hydrogens (primary N) is 1. The molecule has 1 unspecified atom stereocenters. The Morgan fingerprint density at radius 3 is 2.21 bits per heavy atom. The molecule has 0 amide bonds. The highest BCUT2D eigenvalue weighted by Gasteiger charge is 2.27. The molecule has 6 N–H and O–H groups in total. The van der Waals surface area contributed by atoms with E-state index in [9.17, 15) is 0 Å². The zero-order valence-electron chi connectivity index (χ0n) is 16.4. The molecule has 154 valence electrons. The molecular formula is C16H26Cl2N10. The molecule has 0 aromatic carbocycles. The van der Waals surface area contributed by atoms with Crippen molar-refractivity contribution in [2.45, 2.75) is 39.4 Å². The number of alkyl halides is 1. The van der Waals surface area contributed by atoms with Gasteiger partial charge in [0, 0.05) is 26.1 Å². The van der Waals surface area contributed by atoms with Gasteiger partial charge >= 0.3 is 0 Å². The lowest BCUT2D eigenvalue weighted by atomic mass is 10.4. The molecule has 0 fully saturated rings. The van der Waals surface area contributed by atoms with Crippen molar-refractivity contribution in [1.29, 1.82) is 0 Å². The Balaban J connectivity index is 0.000000283. The Kier molecular flexibility index (Phi) is 10.3. The van der Waals surface area contributed by atoms with E-state index in [1.54, 1.807) is 0 Å². The molecule has 28 heavy (non-hydrogen) atoms. The largest absolute Gasteiger partial charge is 0.354 e. The van der Waals surface area contributed by atoms with Crippen LogP contribution in [0.2, 0.25) is 5.28 Å². The highest BCUT2D eigenvalue weighted by Crippen LogP contribution is 2.09. The number of anilines is 2. The summed E-state index contributed by atoms with van der Waals surface area (Å²) in [5, 5.41) is 10.4. The number of hydrogen-bond donors (Lipinski definition) is 5. The summed E-state index contributed by atoms with van der Waals surface area (Å²) >= 11 is 11.5. The van der Waals surface area contributed by atoms with Crippen LogP contribution in [0.3, 0.4) is 0 Å². The van der Waals surface area contributed by atoms with Crippen LogP contribution in [0.5, 0.6) is 0 Å². The predicted octanol–water partition coefficient (Wildman–Crippen LogP) is 1.56. The Morgan fingerprint density at radius 1 is 1.11 bits per heavy atom. The van der Waals surface area contributed by atoms with E-state index in [4.69, 9.17) is 28.9 Å². The first-order valence-electron chi connectivity index (χ1n) is 8.88. The molecule has 2 heterocycles. The van der Waals surface area contributed by atoms with Gasteiger partial charge in [0.2, 0.25) is 23.1 Å². The van der Waals surface area contributed by atoms with Crippen molar-refractivity contribution in [1.82, 2.24) is 25.6 Å². The van der Waals surface area contributed by atoms with E-state index in [1.807, 2.05) is 27.7 Å². The number of hydrogen-bond acceptors (Lipinski definition) is 8. The number of rotatable bonds is 5. The number of amidine groups is 1. The van der Waals surface area contributed by atoms with Gasteiger partial charge in [0.05, 0.1) is 0 Å². The van der Waals surface area contributed by atoms with Crippen molar-refractivity contribution in [3.8, 4) is 11.8 Å². The summed E-state index contributed by atoms with van der Waals surface area (Å²) in [7, 11) is 0. The number of halogens is 2. The van der Waals surface area contributed by atoms with Crippen LogP contribution in [0.15, 0.2) is 9.98 Å². The molecule has 1 aromatic rings. The van der Waals surface area contributed by atoms with Crippen LogP contribution < -0.4 is 27.0 Å². The van der Waals surface area contributed by atoms with Gasteiger partial charge in [-0.25, -0.2) is 4.99 Å². The van der Waals surface area contributed by atoms with Gasteiger partial charge in [-0.3, -0.25) is 10.7 Å². The van der Waals surface area contributed by atoms with Gasteiger partial charge in [0.25, 0.3) is 5.25 Å². The average molecular weight is 429 g/mol. The first-order chi connectivity index (χ1) is 13.3. The Hall–Kier alpha value is -2.35. The number of aliphatic imine (C=N–C) groups is 2. The minimum atomic E-state index is -1.36. The summed E-state index contributed by atoms with van der Waals surface area (Å²) < 4.78 is 0. The highest BCUT2D eigenvalue weighted by atomic mass is 35.5. The fourth-order valence-corrected chi connectivity index (χ4v) is 2.16. The van der Waals surface area contributed by atoms with Crippen LogP contribution in [0.4, 0.5) is 11.9 Å². The van der Waals surface area contributed by atoms with Gasteiger partial charge in [0.15, 0.2) is 5.84 Å². The fourth-order valence-electron chi connectivity index (χ4n) is 1.82. The number of nitrogens with one attached hydrogen (secondary N) is 4. The van der Waals surface area contributed by atoms with Gasteiger partial charge in [0.1, 0.15) is 0 Å². The van der Waals surface area contributed by atoms with Crippen molar-refractivity contribution in [2.24, 2.45) is 15.7 Å². The summed E-state index contributed by atoms with van der Waals surface area (Å²) in [6.07, 6.45) is 0.744. The van der Waals surface area contributed by atoms with Crippen LogP contribution in [0.25, 0.3) is 0 Å². The van der Waals surface area contributed by atoms with Gasteiger partial charge in [-0.15, -0.1) is 0 Å². The quantitative estimate of drug-likeness (QED) is 0.270. The van der Waals surface area contributed by atoms with E-state index in [0.717, 1.165) is 19.5 Å². The molecule has 1 aliphatic rings. The molecule has 0 spiro atoms. The molecule has 1 aliphatic heterocycles. The molecular weight excluding hydrogens is 403 g/mol. The standard InChI is InChI=1S/C9H14ClN5.C7H12ClN5/c1-3-5-6-7-13-8(12-4-2)15-9(10,11)14-7;1-3-9-6-11-5(8)12-7(13-6)10-4-2/h3-4,11H2,1-2H3,(H2,12,13,14,15);3-4H2,1-2H3,(H2,9,10,11,12,13). The molecule has 1 atom stereocenters. The van der Waals surface area contributed by atoms with E-state index >= 15 is 0 Å². The third-order valence-corrected chi connectivity index (χ3v) is 3.13. The van der Waals surface area contributed by atoms with E-state index in [2.05, 4.69) is 58.0 Å². The first kappa shape index (κ1) is 23.7. The second-order valence-electron chi connectivity index (χ2n) is 5.17. The van der Waals surface area contributed by atoms with Gasteiger partial charge in [-0.1, -0.05) is 24.4 Å².